The van der Waals surface area contributed by atoms with Gasteiger partial charge in [-0.1, -0.05) is 18.2 Å². The van der Waals surface area contributed by atoms with Crippen LogP contribution in [0.1, 0.15) is 20.3 Å². The third kappa shape index (κ3) is 5.35. The Kier molecular flexibility index (Phi) is 6.76. The van der Waals surface area contributed by atoms with Crippen LogP contribution in [0.4, 0.5) is 0 Å². The smallest absolute Gasteiger partial charge is 0.380 e. The molecule has 2 atom stereocenters. The molecule has 0 saturated heterocycles. The van der Waals surface area contributed by atoms with E-state index in [4.69, 9.17) is 20.7 Å². The Bertz CT molecular complexity index is 460. The second-order valence-electron chi connectivity index (χ2n) is 4.03. The number of esters is 1. The number of rotatable bonds is 8. The van der Waals surface area contributed by atoms with E-state index in [1.165, 1.54) is 6.92 Å². The normalized spacial score (nSPS) is 15.2. The molecule has 0 aliphatic carbocycles. The van der Waals surface area contributed by atoms with Crippen LogP contribution in [0.15, 0.2) is 30.3 Å². The Labute approximate surface area is 119 Å². The fourth-order valence-corrected chi connectivity index (χ4v) is 3.03. The average Bonchev–Trinajstić information content (AvgIpc) is 2.40. The number of hydrogen-bond donors (Lipinski definition) is 0. The van der Waals surface area contributed by atoms with Crippen molar-refractivity contribution in [3.63, 3.8) is 0 Å². The lowest BCUT2D eigenvalue weighted by Gasteiger charge is -2.21. The van der Waals surface area contributed by atoms with Crippen LogP contribution in [0.25, 0.3) is 0 Å². The lowest BCUT2D eigenvalue weighted by Crippen LogP contribution is -2.23. The standard InChI is InChI=1S/C14H19O5P/c1-4-11-20(16,18-12(3)14(15)17-5-2)19-13-9-7-6-8-10-13/h1,6-10,12H,4-5,11H2,2-3H3/t12-,20?/m0/s1. The molecule has 0 fully saturated rings. The molecular weight excluding hydrogens is 279 g/mol. The van der Waals surface area contributed by atoms with Crippen LogP contribution in [0.3, 0.4) is 0 Å². The summed E-state index contributed by atoms with van der Waals surface area (Å²) >= 11 is 0. The van der Waals surface area contributed by atoms with Crippen LogP contribution in [0.5, 0.6) is 5.75 Å². The highest BCUT2D eigenvalue weighted by Gasteiger charge is 2.31. The highest BCUT2D eigenvalue weighted by atomic mass is 31.2. The van der Waals surface area contributed by atoms with E-state index in [1.54, 1.807) is 31.2 Å². The van der Waals surface area contributed by atoms with Gasteiger partial charge in [0.15, 0.2) is 6.10 Å². The van der Waals surface area contributed by atoms with Gasteiger partial charge in [0.2, 0.25) is 0 Å². The molecule has 110 valence electrons. The van der Waals surface area contributed by atoms with Gasteiger partial charge < -0.3 is 9.26 Å². The zero-order chi connectivity index (χ0) is 15.0. The van der Waals surface area contributed by atoms with E-state index in [0.29, 0.717) is 5.75 Å². The Morgan fingerprint density at radius 2 is 2.00 bits per heavy atom. The predicted octanol–water partition coefficient (Wildman–Crippen LogP) is 3.33. The van der Waals surface area contributed by atoms with Gasteiger partial charge in [0.05, 0.1) is 12.8 Å². The molecule has 2 radical (unpaired) electrons. The van der Waals surface area contributed by atoms with Gasteiger partial charge in [0, 0.05) is 0 Å². The fourth-order valence-electron chi connectivity index (χ4n) is 1.46. The van der Waals surface area contributed by atoms with Crippen molar-refractivity contribution in [3.05, 3.63) is 37.3 Å². The molecule has 20 heavy (non-hydrogen) atoms. The summed E-state index contributed by atoms with van der Waals surface area (Å²) in [5.74, 6) is -0.179. The van der Waals surface area contributed by atoms with Crippen LogP contribution in [0.2, 0.25) is 0 Å². The molecule has 0 aliphatic rings. The second kappa shape index (κ2) is 8.08. The van der Waals surface area contributed by atoms with Crippen molar-refractivity contribution in [2.24, 2.45) is 0 Å². The van der Waals surface area contributed by atoms with Crippen molar-refractivity contribution >= 4 is 13.6 Å². The molecule has 1 aromatic rings. The molecule has 0 spiro atoms. The molecule has 0 saturated carbocycles. The van der Waals surface area contributed by atoms with E-state index >= 15 is 0 Å². The summed E-state index contributed by atoms with van der Waals surface area (Å²) in [5, 5.41) is 0. The predicted molar refractivity (Wildman–Crippen MR) is 75.6 cm³/mol. The summed E-state index contributed by atoms with van der Waals surface area (Å²) in [4.78, 5) is 11.5. The first-order valence-electron chi connectivity index (χ1n) is 6.39. The Balaban J connectivity index is 2.76. The van der Waals surface area contributed by atoms with Crippen LogP contribution in [-0.2, 0) is 18.6 Å². The lowest BCUT2D eigenvalue weighted by molar-refractivity contribution is -0.150. The van der Waals surface area contributed by atoms with Crippen molar-refractivity contribution in [2.45, 2.75) is 26.4 Å². The Morgan fingerprint density at radius 1 is 1.35 bits per heavy atom. The molecule has 5 nitrogen and oxygen atoms in total. The summed E-state index contributed by atoms with van der Waals surface area (Å²) in [5.41, 5.74) is 0. The van der Waals surface area contributed by atoms with Crippen LogP contribution < -0.4 is 4.52 Å². The summed E-state index contributed by atoms with van der Waals surface area (Å²) in [6.45, 7) is 8.81. The number of ether oxygens (including phenoxy) is 1. The Morgan fingerprint density at radius 3 is 2.55 bits per heavy atom. The number of carbonyl (C=O) groups excluding carboxylic acids is 1. The van der Waals surface area contributed by atoms with Crippen molar-refractivity contribution in [1.82, 2.24) is 0 Å². The molecule has 0 bridgehead atoms. The van der Waals surface area contributed by atoms with E-state index in [0.717, 1.165) is 0 Å². The summed E-state index contributed by atoms with van der Waals surface area (Å²) in [6, 6.07) is 8.61. The van der Waals surface area contributed by atoms with E-state index in [2.05, 4.69) is 0 Å². The zero-order valence-electron chi connectivity index (χ0n) is 11.7. The monoisotopic (exact) mass is 298 g/mol. The minimum atomic E-state index is -3.50. The van der Waals surface area contributed by atoms with Gasteiger partial charge in [0.25, 0.3) is 0 Å². The van der Waals surface area contributed by atoms with E-state index in [-0.39, 0.29) is 19.2 Å². The first-order chi connectivity index (χ1) is 9.50. The summed E-state index contributed by atoms with van der Waals surface area (Å²) in [7, 11) is -3.50. The fraction of sp³-hybridized carbons (Fsp3) is 0.429. The topological polar surface area (TPSA) is 61.8 Å². The van der Waals surface area contributed by atoms with Gasteiger partial charge in [-0.05, 0) is 39.3 Å². The van der Waals surface area contributed by atoms with Gasteiger partial charge in [-0.15, -0.1) is 0 Å². The van der Waals surface area contributed by atoms with E-state index in [9.17, 15) is 9.36 Å². The average molecular weight is 298 g/mol. The maximum absolute atomic E-state index is 12.6. The molecule has 0 amide bonds. The van der Waals surface area contributed by atoms with Crippen LogP contribution in [-0.4, -0.2) is 24.8 Å². The minimum absolute atomic E-state index is 0.0195. The molecule has 0 N–H and O–H groups in total. The van der Waals surface area contributed by atoms with Crippen molar-refractivity contribution in [2.75, 3.05) is 12.8 Å². The largest absolute Gasteiger partial charge is 0.464 e. The highest BCUT2D eigenvalue weighted by molar-refractivity contribution is 7.54. The van der Waals surface area contributed by atoms with Crippen molar-refractivity contribution in [3.8, 4) is 5.75 Å². The second-order valence-corrected chi connectivity index (χ2v) is 6.09. The maximum Gasteiger partial charge on any atom is 0.380 e. The van der Waals surface area contributed by atoms with E-state index in [1.807, 2.05) is 6.07 Å². The summed E-state index contributed by atoms with van der Waals surface area (Å²) in [6.07, 6.45) is -0.832. The first-order valence-corrected chi connectivity index (χ1v) is 8.12. The van der Waals surface area contributed by atoms with E-state index < -0.39 is 19.7 Å². The molecule has 0 aromatic heterocycles. The van der Waals surface area contributed by atoms with Gasteiger partial charge in [-0.2, -0.15) is 0 Å². The number of hydrogen-bond acceptors (Lipinski definition) is 5. The van der Waals surface area contributed by atoms with Crippen molar-refractivity contribution in [1.29, 1.82) is 0 Å². The van der Waals surface area contributed by atoms with Gasteiger partial charge in [-0.25, -0.2) is 9.36 Å². The number of benzene rings is 1. The van der Waals surface area contributed by atoms with Crippen LogP contribution >= 0.6 is 7.60 Å². The quantitative estimate of drug-likeness (QED) is 0.544. The van der Waals surface area contributed by atoms with Gasteiger partial charge >= 0.3 is 13.6 Å². The zero-order valence-corrected chi connectivity index (χ0v) is 12.5. The maximum atomic E-state index is 12.6. The number of carbonyl (C=O) groups is 1. The van der Waals surface area contributed by atoms with Gasteiger partial charge in [-0.3, -0.25) is 4.52 Å². The van der Waals surface area contributed by atoms with Crippen molar-refractivity contribution < 1.29 is 23.1 Å². The summed E-state index contributed by atoms with van der Waals surface area (Å²) < 4.78 is 28.0. The molecule has 1 rings (SSSR count). The van der Waals surface area contributed by atoms with Gasteiger partial charge in [0.1, 0.15) is 5.75 Å². The van der Waals surface area contributed by atoms with Crippen LogP contribution in [0, 0.1) is 6.92 Å². The Hall–Kier alpha value is -1.32. The molecular formula is C14H19O5P. The third-order valence-corrected chi connectivity index (χ3v) is 4.26. The number of para-hydroxylation sites is 1. The molecule has 1 unspecified atom stereocenters. The highest BCUT2D eigenvalue weighted by Crippen LogP contribution is 2.49. The lowest BCUT2D eigenvalue weighted by atomic mass is 10.3. The first kappa shape index (κ1) is 16.7. The molecule has 1 aromatic carbocycles. The molecule has 0 aliphatic heterocycles. The molecule has 6 heteroatoms. The minimum Gasteiger partial charge on any atom is -0.464 e. The third-order valence-electron chi connectivity index (χ3n) is 2.33. The SMILES string of the molecule is [CH]CCP(=O)(Oc1ccccc1)O[C@@H](C)C(=O)OCC. The molecule has 0 heterocycles.